The molecule has 1 aromatic carbocycles. The Morgan fingerprint density at radius 2 is 1.83 bits per heavy atom. The van der Waals surface area contributed by atoms with E-state index in [0.717, 1.165) is 38.3 Å². The molecule has 0 bridgehead atoms. The molecule has 0 atom stereocenters. The largest absolute Gasteiger partial charge is 0.492 e. The maximum atomic E-state index is 10.9. The third-order valence-corrected chi connectivity index (χ3v) is 4.09. The van der Waals surface area contributed by atoms with Gasteiger partial charge < -0.3 is 19.6 Å². The lowest BCUT2D eigenvalue weighted by Gasteiger charge is -2.33. The lowest BCUT2D eigenvalue weighted by Crippen LogP contribution is -2.48. The van der Waals surface area contributed by atoms with Crippen LogP contribution in [0.4, 0.5) is 4.79 Å². The number of amides is 1. The summed E-state index contributed by atoms with van der Waals surface area (Å²) in [4.78, 5) is 16.8. The molecule has 0 aromatic heterocycles. The zero-order valence-corrected chi connectivity index (χ0v) is 14.1. The van der Waals surface area contributed by atoms with Gasteiger partial charge in [0.25, 0.3) is 0 Å². The van der Waals surface area contributed by atoms with Crippen molar-refractivity contribution in [3.63, 3.8) is 0 Å². The summed E-state index contributed by atoms with van der Waals surface area (Å²) in [6, 6.07) is 8.26. The first kappa shape index (κ1) is 17.6. The van der Waals surface area contributed by atoms with Crippen molar-refractivity contribution < 1.29 is 14.6 Å². The Morgan fingerprint density at radius 3 is 2.39 bits per heavy atom. The molecule has 1 amide bonds. The van der Waals surface area contributed by atoms with Gasteiger partial charge in [0.2, 0.25) is 0 Å². The van der Waals surface area contributed by atoms with Gasteiger partial charge in [0.05, 0.1) is 0 Å². The molecule has 1 fully saturated rings. The minimum Gasteiger partial charge on any atom is -0.492 e. The Bertz CT molecular complexity index is 482. The fraction of sp³-hybridized carbons (Fsp3) is 0.588. The fourth-order valence-electron chi connectivity index (χ4n) is 2.55. The van der Waals surface area contributed by atoms with Crippen LogP contribution < -0.4 is 4.74 Å². The maximum Gasteiger partial charge on any atom is 0.407 e. The topological polar surface area (TPSA) is 56.2 Å². The van der Waals surface area contributed by atoms with Crippen LogP contribution in [0, 0.1) is 0 Å². The highest BCUT2D eigenvalue weighted by Gasteiger charge is 2.19. The molecule has 0 saturated carbocycles. The van der Waals surface area contributed by atoms with E-state index < -0.39 is 6.09 Å². The molecule has 23 heavy (non-hydrogen) atoms. The van der Waals surface area contributed by atoms with Gasteiger partial charge in [-0.2, -0.15) is 0 Å². The SMILES string of the molecule is CN(C)CCOc1ccc(CCN2CCN(C(=O)O)CC2)cc1. The van der Waals surface area contributed by atoms with E-state index in [1.54, 1.807) is 0 Å². The molecule has 2 rings (SSSR count). The molecule has 1 N–H and O–H groups in total. The van der Waals surface area contributed by atoms with E-state index in [1.807, 2.05) is 26.2 Å². The number of likely N-dealkylation sites (N-methyl/N-ethyl adjacent to an activating group) is 1. The van der Waals surface area contributed by atoms with Crippen molar-refractivity contribution in [2.24, 2.45) is 0 Å². The summed E-state index contributed by atoms with van der Waals surface area (Å²) in [5.41, 5.74) is 1.28. The molecule has 0 aliphatic carbocycles. The molecule has 0 radical (unpaired) electrons. The first-order chi connectivity index (χ1) is 11.0. The third kappa shape index (κ3) is 6.08. The first-order valence-corrected chi connectivity index (χ1v) is 8.11. The van der Waals surface area contributed by atoms with Gasteiger partial charge in [0, 0.05) is 39.3 Å². The number of hydrogen-bond acceptors (Lipinski definition) is 4. The number of nitrogens with zero attached hydrogens (tertiary/aromatic N) is 3. The van der Waals surface area contributed by atoms with Gasteiger partial charge in [-0.05, 0) is 38.2 Å². The quantitative estimate of drug-likeness (QED) is 0.824. The van der Waals surface area contributed by atoms with Gasteiger partial charge >= 0.3 is 6.09 Å². The molecule has 1 aliphatic heterocycles. The zero-order chi connectivity index (χ0) is 16.7. The molecular weight excluding hydrogens is 294 g/mol. The Morgan fingerprint density at radius 1 is 1.17 bits per heavy atom. The zero-order valence-electron chi connectivity index (χ0n) is 14.1. The van der Waals surface area contributed by atoms with Crippen molar-refractivity contribution in [1.82, 2.24) is 14.7 Å². The minimum absolute atomic E-state index is 0.605. The van der Waals surface area contributed by atoms with E-state index in [2.05, 4.69) is 21.9 Å². The smallest absolute Gasteiger partial charge is 0.407 e. The number of carbonyl (C=O) groups is 1. The predicted molar refractivity (Wildman–Crippen MR) is 90.2 cm³/mol. The van der Waals surface area contributed by atoms with Crippen molar-refractivity contribution in [2.75, 3.05) is 60.0 Å². The highest BCUT2D eigenvalue weighted by molar-refractivity contribution is 5.65. The Kier molecular flexibility index (Phi) is 6.67. The Labute approximate surface area is 138 Å². The number of hydrogen-bond donors (Lipinski definition) is 1. The Hall–Kier alpha value is -1.79. The summed E-state index contributed by atoms with van der Waals surface area (Å²) < 4.78 is 5.69. The van der Waals surface area contributed by atoms with Gasteiger partial charge in [-0.15, -0.1) is 0 Å². The van der Waals surface area contributed by atoms with Crippen LogP contribution in [0.3, 0.4) is 0 Å². The molecule has 6 nitrogen and oxygen atoms in total. The van der Waals surface area contributed by atoms with Crippen LogP contribution in [0.25, 0.3) is 0 Å². The fourth-order valence-corrected chi connectivity index (χ4v) is 2.55. The van der Waals surface area contributed by atoms with Gasteiger partial charge in [-0.1, -0.05) is 12.1 Å². The summed E-state index contributed by atoms with van der Waals surface area (Å²) in [5.74, 6) is 0.908. The van der Waals surface area contributed by atoms with Crippen LogP contribution in [0.5, 0.6) is 5.75 Å². The highest BCUT2D eigenvalue weighted by atomic mass is 16.5. The summed E-state index contributed by atoms with van der Waals surface area (Å²) in [5, 5.41) is 8.94. The molecule has 128 valence electrons. The average molecular weight is 321 g/mol. The van der Waals surface area contributed by atoms with Crippen LogP contribution in [0.1, 0.15) is 5.56 Å². The number of rotatable bonds is 7. The highest BCUT2D eigenvalue weighted by Crippen LogP contribution is 2.13. The molecule has 0 spiro atoms. The van der Waals surface area contributed by atoms with Crippen LogP contribution in [-0.4, -0.2) is 85.9 Å². The standard InChI is InChI=1S/C17H27N3O3/c1-18(2)13-14-23-16-5-3-15(4-6-16)7-8-19-9-11-20(12-10-19)17(21)22/h3-6H,7-14H2,1-2H3,(H,21,22). The second-order valence-corrected chi connectivity index (χ2v) is 6.16. The predicted octanol–water partition coefficient (Wildman–Crippen LogP) is 1.47. The Balaban J connectivity index is 1.69. The van der Waals surface area contributed by atoms with Gasteiger partial charge in [-0.25, -0.2) is 4.79 Å². The van der Waals surface area contributed by atoms with Crippen molar-refractivity contribution in [2.45, 2.75) is 6.42 Å². The van der Waals surface area contributed by atoms with Crippen molar-refractivity contribution in [1.29, 1.82) is 0 Å². The molecular formula is C17H27N3O3. The van der Waals surface area contributed by atoms with Gasteiger partial charge in [0.1, 0.15) is 12.4 Å². The van der Waals surface area contributed by atoms with E-state index in [0.29, 0.717) is 19.7 Å². The molecule has 1 heterocycles. The van der Waals surface area contributed by atoms with E-state index >= 15 is 0 Å². The summed E-state index contributed by atoms with van der Waals surface area (Å²) in [6.45, 7) is 5.41. The number of ether oxygens (including phenoxy) is 1. The second-order valence-electron chi connectivity index (χ2n) is 6.16. The maximum absolute atomic E-state index is 10.9. The molecule has 1 saturated heterocycles. The molecule has 1 aromatic rings. The lowest BCUT2D eigenvalue weighted by molar-refractivity contribution is 0.106. The van der Waals surface area contributed by atoms with E-state index in [9.17, 15) is 4.79 Å². The van der Waals surface area contributed by atoms with Crippen molar-refractivity contribution in [3.05, 3.63) is 29.8 Å². The molecule has 0 unspecified atom stereocenters. The number of carboxylic acid groups (broad SMARTS) is 1. The average Bonchev–Trinajstić information content (AvgIpc) is 2.54. The van der Waals surface area contributed by atoms with Crippen LogP contribution in [0.2, 0.25) is 0 Å². The van der Waals surface area contributed by atoms with Crippen LogP contribution in [-0.2, 0) is 6.42 Å². The molecule has 1 aliphatic rings. The summed E-state index contributed by atoms with van der Waals surface area (Å²) in [6.07, 6.45) is 0.167. The van der Waals surface area contributed by atoms with E-state index in [-0.39, 0.29) is 0 Å². The van der Waals surface area contributed by atoms with Crippen LogP contribution in [0.15, 0.2) is 24.3 Å². The lowest BCUT2D eigenvalue weighted by atomic mass is 10.1. The third-order valence-electron chi connectivity index (χ3n) is 4.09. The summed E-state index contributed by atoms with van der Waals surface area (Å²) in [7, 11) is 4.06. The monoisotopic (exact) mass is 321 g/mol. The first-order valence-electron chi connectivity index (χ1n) is 8.11. The van der Waals surface area contributed by atoms with Crippen molar-refractivity contribution >= 4 is 6.09 Å². The van der Waals surface area contributed by atoms with Gasteiger partial charge in [0.15, 0.2) is 0 Å². The minimum atomic E-state index is -0.811. The van der Waals surface area contributed by atoms with E-state index in [4.69, 9.17) is 9.84 Å². The molecule has 6 heteroatoms. The number of piperazine rings is 1. The summed E-state index contributed by atoms with van der Waals surface area (Å²) >= 11 is 0. The second kappa shape index (κ2) is 8.74. The normalized spacial score (nSPS) is 15.9. The van der Waals surface area contributed by atoms with Crippen LogP contribution >= 0.6 is 0 Å². The number of benzene rings is 1. The van der Waals surface area contributed by atoms with Crippen molar-refractivity contribution in [3.8, 4) is 5.75 Å². The van der Waals surface area contributed by atoms with E-state index in [1.165, 1.54) is 10.5 Å². The van der Waals surface area contributed by atoms with Gasteiger partial charge in [-0.3, -0.25) is 4.90 Å².